The predicted molar refractivity (Wildman–Crippen MR) is 34.9 cm³/mol. The van der Waals surface area contributed by atoms with Crippen LogP contribution in [0.1, 0.15) is 0 Å². The molecule has 1 fully saturated rings. The van der Waals surface area contributed by atoms with E-state index in [1.54, 1.807) is 0 Å². The second-order valence-electron chi connectivity index (χ2n) is 2.84. The molecule has 0 spiro atoms. The molecule has 0 saturated carbocycles. The Balaban J connectivity index is 2.82. The first kappa shape index (κ1) is 10.7. The molecule has 1 rings (SSSR count). The number of aliphatic hydroxyl groups excluding tert-OH is 4. The molecule has 0 aromatic rings. The zero-order chi connectivity index (χ0) is 10.2. The van der Waals surface area contributed by atoms with Crippen LogP contribution in [0, 0.1) is 0 Å². The first-order valence-electron chi connectivity index (χ1n) is 3.58. The van der Waals surface area contributed by atoms with Gasteiger partial charge >= 0.3 is 0 Å². The third-order valence-electron chi connectivity index (χ3n) is 1.91. The molecule has 4 N–H and O–H groups in total. The van der Waals surface area contributed by atoms with E-state index in [4.69, 9.17) is 20.4 Å². The van der Waals surface area contributed by atoms with Crippen molar-refractivity contribution >= 4 is 0 Å². The van der Waals surface area contributed by atoms with E-state index in [-0.39, 0.29) is 0 Å². The molecule has 0 unspecified atom stereocenters. The van der Waals surface area contributed by atoms with E-state index in [9.17, 15) is 8.78 Å². The highest BCUT2D eigenvalue weighted by Crippen LogP contribution is 2.31. The van der Waals surface area contributed by atoms with Gasteiger partial charge in [0.15, 0.2) is 0 Å². The topological polar surface area (TPSA) is 90.2 Å². The molecule has 5 nitrogen and oxygen atoms in total. The van der Waals surface area contributed by atoms with Gasteiger partial charge in [0.2, 0.25) is 6.36 Å². The molecular formula is C6H10F2O5. The van der Waals surface area contributed by atoms with Gasteiger partial charge in [-0.25, -0.2) is 8.78 Å². The quantitative estimate of drug-likeness (QED) is 0.395. The lowest BCUT2D eigenvalue weighted by atomic mass is 9.98. The van der Waals surface area contributed by atoms with Crippen molar-refractivity contribution in [3.05, 3.63) is 0 Å². The minimum absolute atomic E-state index is 1.31. The van der Waals surface area contributed by atoms with Crippen molar-refractivity contribution in [2.24, 2.45) is 0 Å². The molecule has 13 heavy (non-hydrogen) atoms. The number of halogens is 2. The van der Waals surface area contributed by atoms with E-state index >= 15 is 0 Å². The molecule has 0 amide bonds. The Morgan fingerprint density at radius 3 is 2.23 bits per heavy atom. The Kier molecular flexibility index (Phi) is 2.83. The number of hydrogen-bond acceptors (Lipinski definition) is 5. The predicted octanol–water partition coefficient (Wildman–Crippen LogP) is -1.95. The Morgan fingerprint density at radius 2 is 1.77 bits per heavy atom. The van der Waals surface area contributed by atoms with Crippen molar-refractivity contribution in [1.29, 1.82) is 0 Å². The fraction of sp³-hybridized carbons (Fsp3) is 1.00. The SMILES string of the molecule is OC[C@]1(F)O[C@H](F)[C@H](O)[C@@H](O)[C@@H]1O. The zero-order valence-corrected chi connectivity index (χ0v) is 6.47. The zero-order valence-electron chi connectivity index (χ0n) is 6.47. The van der Waals surface area contributed by atoms with Gasteiger partial charge in [-0.1, -0.05) is 0 Å². The van der Waals surface area contributed by atoms with Crippen molar-refractivity contribution < 1.29 is 33.9 Å². The van der Waals surface area contributed by atoms with E-state index in [1.165, 1.54) is 0 Å². The molecule has 0 aromatic carbocycles. The molecule has 1 aliphatic heterocycles. The van der Waals surface area contributed by atoms with Crippen molar-refractivity contribution in [2.45, 2.75) is 30.5 Å². The van der Waals surface area contributed by atoms with E-state index < -0.39 is 37.1 Å². The molecule has 0 bridgehead atoms. The van der Waals surface area contributed by atoms with E-state index in [1.807, 2.05) is 0 Å². The van der Waals surface area contributed by atoms with Crippen molar-refractivity contribution in [3.8, 4) is 0 Å². The fourth-order valence-electron chi connectivity index (χ4n) is 1.05. The van der Waals surface area contributed by atoms with Crippen LogP contribution in [0.5, 0.6) is 0 Å². The Labute approximate surface area is 72.2 Å². The third-order valence-corrected chi connectivity index (χ3v) is 1.91. The monoisotopic (exact) mass is 200 g/mol. The summed E-state index contributed by atoms with van der Waals surface area (Å²) in [6.45, 7) is -1.31. The van der Waals surface area contributed by atoms with Crippen molar-refractivity contribution in [1.82, 2.24) is 0 Å². The van der Waals surface area contributed by atoms with Crippen LogP contribution in [0.15, 0.2) is 0 Å². The van der Waals surface area contributed by atoms with Gasteiger partial charge in [-0.05, 0) is 0 Å². The minimum Gasteiger partial charge on any atom is -0.390 e. The average Bonchev–Trinajstić information content (AvgIpc) is 2.12. The summed E-state index contributed by atoms with van der Waals surface area (Å²) in [5.41, 5.74) is 0. The van der Waals surface area contributed by atoms with E-state index in [0.717, 1.165) is 0 Å². The van der Waals surface area contributed by atoms with Crippen molar-refractivity contribution in [3.63, 3.8) is 0 Å². The summed E-state index contributed by atoms with van der Waals surface area (Å²) < 4.78 is 29.6. The molecule has 78 valence electrons. The lowest BCUT2D eigenvalue weighted by Gasteiger charge is -2.40. The van der Waals surface area contributed by atoms with Crippen LogP contribution in [0.3, 0.4) is 0 Å². The van der Waals surface area contributed by atoms with E-state index in [0.29, 0.717) is 0 Å². The molecule has 0 radical (unpaired) electrons. The van der Waals surface area contributed by atoms with E-state index in [2.05, 4.69) is 4.74 Å². The largest absolute Gasteiger partial charge is 0.390 e. The van der Waals surface area contributed by atoms with Gasteiger partial charge in [-0.15, -0.1) is 0 Å². The van der Waals surface area contributed by atoms with Crippen LogP contribution in [0.4, 0.5) is 8.78 Å². The molecule has 7 heteroatoms. The highest BCUT2D eigenvalue weighted by atomic mass is 19.2. The summed E-state index contributed by atoms with van der Waals surface area (Å²) in [7, 11) is 0. The van der Waals surface area contributed by atoms with Crippen LogP contribution in [0.25, 0.3) is 0 Å². The smallest absolute Gasteiger partial charge is 0.263 e. The molecule has 1 aliphatic rings. The van der Waals surface area contributed by atoms with Crippen LogP contribution < -0.4 is 0 Å². The summed E-state index contributed by atoms with van der Waals surface area (Å²) in [4.78, 5) is 0. The third kappa shape index (κ3) is 1.65. The molecular weight excluding hydrogens is 190 g/mol. The van der Waals surface area contributed by atoms with Gasteiger partial charge in [-0.3, -0.25) is 0 Å². The molecule has 1 heterocycles. The minimum atomic E-state index is -3.07. The van der Waals surface area contributed by atoms with Gasteiger partial charge in [0.05, 0.1) is 0 Å². The molecule has 0 aromatic heterocycles. The summed E-state index contributed by atoms with van der Waals surface area (Å²) in [6, 6.07) is 0. The van der Waals surface area contributed by atoms with Crippen LogP contribution in [-0.4, -0.2) is 57.6 Å². The Morgan fingerprint density at radius 1 is 1.23 bits per heavy atom. The fourth-order valence-corrected chi connectivity index (χ4v) is 1.05. The summed E-state index contributed by atoms with van der Waals surface area (Å²) in [6.07, 6.45) is -8.71. The number of ether oxygens (including phenoxy) is 1. The molecule has 5 atom stereocenters. The van der Waals surface area contributed by atoms with Crippen molar-refractivity contribution in [2.75, 3.05) is 6.61 Å². The van der Waals surface area contributed by atoms with Gasteiger partial charge < -0.3 is 25.2 Å². The maximum Gasteiger partial charge on any atom is 0.263 e. The van der Waals surface area contributed by atoms with Crippen LogP contribution in [-0.2, 0) is 4.74 Å². The second-order valence-corrected chi connectivity index (χ2v) is 2.84. The van der Waals surface area contributed by atoms with Crippen LogP contribution in [0.2, 0.25) is 0 Å². The highest BCUT2D eigenvalue weighted by Gasteiger charge is 2.54. The molecule has 0 aliphatic carbocycles. The van der Waals surface area contributed by atoms with Gasteiger partial charge in [0.25, 0.3) is 5.85 Å². The van der Waals surface area contributed by atoms with Crippen LogP contribution >= 0.6 is 0 Å². The second kappa shape index (κ2) is 3.43. The van der Waals surface area contributed by atoms with Gasteiger partial charge in [-0.2, -0.15) is 0 Å². The Bertz CT molecular complexity index is 192. The number of rotatable bonds is 1. The molecule has 1 saturated heterocycles. The lowest BCUT2D eigenvalue weighted by Crippen LogP contribution is -2.62. The summed E-state index contributed by atoms with van der Waals surface area (Å²) in [5.74, 6) is -3.07. The Hall–Kier alpha value is -0.340. The standard InChI is InChI=1S/C6H10F2O5/c7-5-3(11)2(10)4(12)6(8,1-9)13-5/h2-5,9-12H,1H2/t2-,3-,4+,5+,6+/m1/s1. The maximum absolute atomic E-state index is 13.1. The number of aliphatic hydroxyl groups is 4. The number of alkyl halides is 2. The number of hydrogen-bond donors (Lipinski definition) is 4. The van der Waals surface area contributed by atoms with Gasteiger partial charge in [0.1, 0.15) is 24.9 Å². The highest BCUT2D eigenvalue weighted by molar-refractivity contribution is 4.93. The average molecular weight is 200 g/mol. The first-order chi connectivity index (χ1) is 5.92. The summed E-state index contributed by atoms with van der Waals surface area (Å²) >= 11 is 0. The maximum atomic E-state index is 13.1. The normalized spacial score (nSPS) is 52.2. The summed E-state index contributed by atoms with van der Waals surface area (Å²) in [5, 5.41) is 35.1. The first-order valence-corrected chi connectivity index (χ1v) is 3.58. The lowest BCUT2D eigenvalue weighted by molar-refractivity contribution is -0.349. The van der Waals surface area contributed by atoms with Gasteiger partial charge in [0, 0.05) is 0 Å².